The molecular formula is C21H23ClF3N5OS. The van der Waals surface area contributed by atoms with Crippen LogP contribution in [0, 0.1) is 0 Å². The van der Waals surface area contributed by atoms with Gasteiger partial charge in [0.15, 0.2) is 5.16 Å². The smallest absolute Gasteiger partial charge is 0.368 e. The number of carbonyl (C=O) groups excluding carboxylic acids is 1. The van der Waals surface area contributed by atoms with Crippen LogP contribution in [-0.2, 0) is 11.0 Å². The number of hydrogen-bond donors (Lipinski definition) is 0. The van der Waals surface area contributed by atoms with E-state index in [-0.39, 0.29) is 11.7 Å². The molecule has 1 aromatic carbocycles. The minimum Gasteiger partial charge on any atom is -0.368 e. The molecule has 0 spiro atoms. The normalized spacial score (nSPS) is 17.2. The lowest BCUT2D eigenvalue weighted by Gasteiger charge is -2.36. The SMILES string of the molecule is O=C(CSc1nc(Cl)cc(N2CCCC2)n1)N1CCN(c2cccc(C(F)(F)F)c2)CC1. The van der Waals surface area contributed by atoms with Gasteiger partial charge in [-0.15, -0.1) is 0 Å². The van der Waals surface area contributed by atoms with E-state index in [1.54, 1.807) is 17.0 Å². The average Bonchev–Trinajstić information content (AvgIpc) is 3.32. The summed E-state index contributed by atoms with van der Waals surface area (Å²) in [7, 11) is 0. The van der Waals surface area contributed by atoms with Crippen LogP contribution in [0.15, 0.2) is 35.5 Å². The summed E-state index contributed by atoms with van der Waals surface area (Å²) in [6, 6.07) is 7.03. The zero-order valence-electron chi connectivity index (χ0n) is 17.3. The van der Waals surface area contributed by atoms with Crippen molar-refractivity contribution in [2.24, 2.45) is 0 Å². The first-order chi connectivity index (χ1) is 15.3. The molecule has 0 unspecified atom stereocenters. The van der Waals surface area contributed by atoms with Gasteiger partial charge in [0.2, 0.25) is 5.91 Å². The molecule has 0 radical (unpaired) electrons. The van der Waals surface area contributed by atoms with Crippen molar-refractivity contribution in [2.45, 2.75) is 24.2 Å². The first-order valence-electron chi connectivity index (χ1n) is 10.4. The summed E-state index contributed by atoms with van der Waals surface area (Å²) in [6.45, 7) is 3.73. The Morgan fingerprint density at radius 3 is 2.41 bits per heavy atom. The number of nitrogens with zero attached hydrogens (tertiary/aromatic N) is 5. The largest absolute Gasteiger partial charge is 0.416 e. The highest BCUT2D eigenvalue weighted by atomic mass is 35.5. The summed E-state index contributed by atoms with van der Waals surface area (Å²) in [5.74, 6) is 0.917. The van der Waals surface area contributed by atoms with Gasteiger partial charge in [0.1, 0.15) is 11.0 Å². The summed E-state index contributed by atoms with van der Waals surface area (Å²) in [5, 5.41) is 0.821. The van der Waals surface area contributed by atoms with Crippen LogP contribution in [0.3, 0.4) is 0 Å². The number of carbonyl (C=O) groups is 1. The van der Waals surface area contributed by atoms with Crippen LogP contribution >= 0.6 is 23.4 Å². The van der Waals surface area contributed by atoms with E-state index >= 15 is 0 Å². The maximum atomic E-state index is 13.0. The predicted molar refractivity (Wildman–Crippen MR) is 119 cm³/mol. The number of hydrogen-bond acceptors (Lipinski definition) is 6. The van der Waals surface area contributed by atoms with Crippen molar-refractivity contribution in [3.8, 4) is 0 Å². The molecule has 1 aromatic heterocycles. The van der Waals surface area contributed by atoms with Gasteiger partial charge in [0, 0.05) is 51.0 Å². The van der Waals surface area contributed by atoms with Crippen molar-refractivity contribution in [1.29, 1.82) is 0 Å². The lowest BCUT2D eigenvalue weighted by Crippen LogP contribution is -2.49. The van der Waals surface area contributed by atoms with Crippen molar-refractivity contribution in [2.75, 3.05) is 54.8 Å². The lowest BCUT2D eigenvalue weighted by molar-refractivity contribution is -0.137. The number of benzene rings is 1. The molecular weight excluding hydrogens is 463 g/mol. The molecule has 32 heavy (non-hydrogen) atoms. The molecule has 0 aliphatic carbocycles. The molecule has 0 saturated carbocycles. The zero-order chi connectivity index (χ0) is 22.7. The van der Waals surface area contributed by atoms with Gasteiger partial charge >= 0.3 is 6.18 Å². The maximum Gasteiger partial charge on any atom is 0.416 e. The highest BCUT2D eigenvalue weighted by Gasteiger charge is 2.31. The molecule has 2 aliphatic heterocycles. The van der Waals surface area contributed by atoms with Gasteiger partial charge in [-0.2, -0.15) is 13.2 Å². The Morgan fingerprint density at radius 1 is 1.00 bits per heavy atom. The molecule has 2 aliphatic rings. The van der Waals surface area contributed by atoms with Crippen LogP contribution in [0.4, 0.5) is 24.7 Å². The van der Waals surface area contributed by atoms with Crippen LogP contribution in [0.25, 0.3) is 0 Å². The van der Waals surface area contributed by atoms with E-state index in [2.05, 4.69) is 14.9 Å². The van der Waals surface area contributed by atoms with Gasteiger partial charge in [-0.1, -0.05) is 29.4 Å². The standard InChI is InChI=1S/C21H23ClF3N5OS/c22-17-13-18(29-6-1-2-7-29)27-20(26-17)32-14-19(31)30-10-8-28(9-11-30)16-5-3-4-15(12-16)21(23,24)25/h3-5,12-13H,1-2,6-11,14H2. The lowest BCUT2D eigenvalue weighted by atomic mass is 10.1. The first-order valence-corrected chi connectivity index (χ1v) is 11.8. The molecule has 2 saturated heterocycles. The van der Waals surface area contributed by atoms with E-state index in [9.17, 15) is 18.0 Å². The van der Waals surface area contributed by atoms with E-state index in [1.807, 2.05) is 4.90 Å². The van der Waals surface area contributed by atoms with Crippen LogP contribution < -0.4 is 9.80 Å². The Balaban J connectivity index is 1.31. The van der Waals surface area contributed by atoms with E-state index in [0.29, 0.717) is 42.2 Å². The second-order valence-electron chi connectivity index (χ2n) is 7.73. The fraction of sp³-hybridized carbons (Fsp3) is 0.476. The topological polar surface area (TPSA) is 52.6 Å². The molecule has 0 atom stereocenters. The third-order valence-electron chi connectivity index (χ3n) is 5.59. The van der Waals surface area contributed by atoms with Crippen LogP contribution in [0.5, 0.6) is 0 Å². The van der Waals surface area contributed by atoms with Crippen molar-refractivity contribution in [1.82, 2.24) is 14.9 Å². The second-order valence-corrected chi connectivity index (χ2v) is 9.06. The van der Waals surface area contributed by atoms with Crippen LogP contribution in [0.1, 0.15) is 18.4 Å². The van der Waals surface area contributed by atoms with E-state index in [4.69, 9.17) is 11.6 Å². The van der Waals surface area contributed by atoms with Crippen LogP contribution in [-0.4, -0.2) is 65.8 Å². The molecule has 11 heteroatoms. The molecule has 4 rings (SSSR count). The molecule has 0 bridgehead atoms. The molecule has 2 aromatic rings. The van der Waals surface area contributed by atoms with Crippen molar-refractivity contribution in [3.05, 3.63) is 41.0 Å². The number of piperazine rings is 1. The Bertz CT molecular complexity index is 963. The number of anilines is 2. The van der Waals surface area contributed by atoms with Crippen LogP contribution in [0.2, 0.25) is 5.15 Å². The number of thioether (sulfide) groups is 1. The Morgan fingerprint density at radius 2 is 1.72 bits per heavy atom. The quantitative estimate of drug-likeness (QED) is 0.359. The van der Waals surface area contributed by atoms with Crippen molar-refractivity contribution < 1.29 is 18.0 Å². The summed E-state index contributed by atoms with van der Waals surface area (Å²) >= 11 is 7.39. The minimum atomic E-state index is -4.37. The number of halogens is 4. The number of aromatic nitrogens is 2. The third kappa shape index (κ3) is 5.58. The summed E-state index contributed by atoms with van der Waals surface area (Å²) < 4.78 is 38.9. The highest BCUT2D eigenvalue weighted by molar-refractivity contribution is 7.99. The summed E-state index contributed by atoms with van der Waals surface area (Å²) in [4.78, 5) is 27.2. The van der Waals surface area contributed by atoms with Crippen molar-refractivity contribution >= 4 is 40.8 Å². The van der Waals surface area contributed by atoms with Gasteiger partial charge in [0.05, 0.1) is 11.3 Å². The van der Waals surface area contributed by atoms with E-state index < -0.39 is 11.7 Å². The summed E-state index contributed by atoms with van der Waals surface area (Å²) in [5.41, 5.74) is -0.150. The fourth-order valence-electron chi connectivity index (χ4n) is 3.87. The second kappa shape index (κ2) is 9.74. The fourth-order valence-corrected chi connectivity index (χ4v) is 4.85. The molecule has 6 nitrogen and oxygen atoms in total. The minimum absolute atomic E-state index is 0.0509. The van der Waals surface area contributed by atoms with Gasteiger partial charge in [-0.05, 0) is 31.0 Å². The highest BCUT2D eigenvalue weighted by Crippen LogP contribution is 2.32. The maximum absolute atomic E-state index is 13.0. The Labute approximate surface area is 193 Å². The zero-order valence-corrected chi connectivity index (χ0v) is 18.9. The predicted octanol–water partition coefficient (Wildman–Crippen LogP) is 4.19. The number of alkyl halides is 3. The molecule has 3 heterocycles. The average molecular weight is 486 g/mol. The van der Waals surface area contributed by atoms with Gasteiger partial charge < -0.3 is 14.7 Å². The third-order valence-corrected chi connectivity index (χ3v) is 6.61. The molecule has 0 N–H and O–H groups in total. The summed E-state index contributed by atoms with van der Waals surface area (Å²) in [6.07, 6.45) is -2.13. The molecule has 1 amide bonds. The van der Waals surface area contributed by atoms with E-state index in [1.165, 1.54) is 17.8 Å². The van der Waals surface area contributed by atoms with Gasteiger partial charge in [-0.3, -0.25) is 4.79 Å². The molecule has 172 valence electrons. The van der Waals surface area contributed by atoms with Gasteiger partial charge in [0.25, 0.3) is 0 Å². The number of amides is 1. The van der Waals surface area contributed by atoms with E-state index in [0.717, 1.165) is 43.9 Å². The Kier molecular flexibility index (Phi) is 6.99. The molecule has 2 fully saturated rings. The Hall–Kier alpha value is -2.20. The monoisotopic (exact) mass is 485 g/mol. The van der Waals surface area contributed by atoms with Gasteiger partial charge in [-0.25, -0.2) is 9.97 Å². The first kappa shape index (κ1) is 23.0. The number of rotatable bonds is 5. The van der Waals surface area contributed by atoms with Crippen molar-refractivity contribution in [3.63, 3.8) is 0 Å².